The smallest absolute Gasteiger partial charge is 0.0277 e. The van der Waals surface area contributed by atoms with Gasteiger partial charge in [0.05, 0.1) is 0 Å². The molecular weight excluding hydrogens is 168 g/mol. The average molecular weight is 194 g/mol. The lowest BCUT2D eigenvalue weighted by Gasteiger charge is -2.17. The number of allylic oxidation sites excluding steroid dienone is 4. The summed E-state index contributed by atoms with van der Waals surface area (Å²) in [7, 11) is 0. The Bertz CT molecular complexity index is 206. The van der Waals surface area contributed by atoms with Crippen LogP contribution in [0.1, 0.15) is 66.7 Å². The van der Waals surface area contributed by atoms with E-state index in [-0.39, 0.29) is 0 Å². The van der Waals surface area contributed by atoms with Gasteiger partial charge in [0, 0.05) is 0 Å². The van der Waals surface area contributed by atoms with E-state index >= 15 is 0 Å². The highest BCUT2D eigenvalue weighted by Gasteiger charge is 2.08. The lowest BCUT2D eigenvalue weighted by molar-refractivity contribution is 0.799. The van der Waals surface area contributed by atoms with E-state index in [1.165, 1.54) is 32.1 Å². The molecule has 0 saturated heterocycles. The van der Waals surface area contributed by atoms with E-state index in [0.29, 0.717) is 0 Å². The molecule has 0 spiro atoms. The van der Waals surface area contributed by atoms with Crippen molar-refractivity contribution in [3.8, 4) is 0 Å². The molecule has 0 saturated carbocycles. The minimum absolute atomic E-state index is 1.25. The van der Waals surface area contributed by atoms with Gasteiger partial charge in [0.15, 0.2) is 0 Å². The SMILES string of the molecule is CC.CCCC1=C(CC)CCC(C)=C1. The Kier molecular flexibility index (Phi) is 7.55. The van der Waals surface area contributed by atoms with Crippen LogP contribution in [0.25, 0.3) is 0 Å². The molecule has 0 nitrogen and oxygen atoms in total. The van der Waals surface area contributed by atoms with E-state index in [4.69, 9.17) is 0 Å². The molecule has 0 aromatic rings. The van der Waals surface area contributed by atoms with Crippen LogP contribution < -0.4 is 0 Å². The maximum Gasteiger partial charge on any atom is -0.0277 e. The number of rotatable bonds is 3. The second-order valence-corrected chi connectivity index (χ2v) is 3.72. The molecule has 82 valence electrons. The molecule has 0 heteroatoms. The molecule has 1 aliphatic carbocycles. The first-order valence-electron chi connectivity index (χ1n) is 6.16. The molecule has 0 aromatic heterocycles. The van der Waals surface area contributed by atoms with Crippen molar-refractivity contribution in [2.24, 2.45) is 0 Å². The summed E-state index contributed by atoms with van der Waals surface area (Å²) in [5, 5.41) is 0. The summed E-state index contributed by atoms with van der Waals surface area (Å²) in [4.78, 5) is 0. The molecule has 0 heterocycles. The van der Waals surface area contributed by atoms with Crippen LogP contribution in [0.4, 0.5) is 0 Å². The Labute approximate surface area is 90.1 Å². The van der Waals surface area contributed by atoms with Crippen LogP contribution in [0.5, 0.6) is 0 Å². The third-order valence-electron chi connectivity index (χ3n) is 2.64. The lowest BCUT2D eigenvalue weighted by Crippen LogP contribution is -1.97. The highest BCUT2D eigenvalue weighted by Crippen LogP contribution is 2.28. The van der Waals surface area contributed by atoms with Gasteiger partial charge >= 0.3 is 0 Å². The van der Waals surface area contributed by atoms with E-state index in [1.54, 1.807) is 16.7 Å². The van der Waals surface area contributed by atoms with Crippen molar-refractivity contribution < 1.29 is 0 Å². The third-order valence-corrected chi connectivity index (χ3v) is 2.64. The molecule has 0 N–H and O–H groups in total. The molecule has 0 atom stereocenters. The van der Waals surface area contributed by atoms with Crippen molar-refractivity contribution in [2.75, 3.05) is 0 Å². The molecule has 1 rings (SSSR count). The summed E-state index contributed by atoms with van der Waals surface area (Å²) in [6.45, 7) is 10.8. The van der Waals surface area contributed by atoms with Crippen LogP contribution in [-0.2, 0) is 0 Å². The standard InChI is InChI=1S/C12H20.C2H6/c1-4-6-12-9-10(3)7-8-11(12)5-2;1-2/h9H,4-8H2,1-3H3;1-2H3. The largest absolute Gasteiger partial charge is 0.0727 e. The second-order valence-electron chi connectivity index (χ2n) is 3.72. The third kappa shape index (κ3) is 4.13. The zero-order valence-electron chi connectivity index (χ0n) is 10.6. The van der Waals surface area contributed by atoms with Crippen molar-refractivity contribution >= 4 is 0 Å². The number of hydrogen-bond acceptors (Lipinski definition) is 0. The summed E-state index contributed by atoms with van der Waals surface area (Å²) in [5.74, 6) is 0. The zero-order chi connectivity index (χ0) is 11.0. The lowest BCUT2D eigenvalue weighted by atomic mass is 9.89. The average Bonchev–Trinajstić information content (AvgIpc) is 2.22. The Morgan fingerprint density at radius 1 is 1.14 bits per heavy atom. The highest BCUT2D eigenvalue weighted by molar-refractivity contribution is 5.32. The Morgan fingerprint density at radius 3 is 2.29 bits per heavy atom. The Hall–Kier alpha value is -0.520. The topological polar surface area (TPSA) is 0 Å². The summed E-state index contributed by atoms with van der Waals surface area (Å²) in [6.07, 6.45) is 8.82. The minimum Gasteiger partial charge on any atom is -0.0727 e. The highest BCUT2D eigenvalue weighted by atomic mass is 14.1. The first-order valence-corrected chi connectivity index (χ1v) is 6.16. The van der Waals surface area contributed by atoms with Crippen molar-refractivity contribution in [1.82, 2.24) is 0 Å². The van der Waals surface area contributed by atoms with E-state index in [1.807, 2.05) is 13.8 Å². The fourth-order valence-electron chi connectivity index (χ4n) is 1.90. The molecule has 0 aromatic carbocycles. The molecule has 14 heavy (non-hydrogen) atoms. The van der Waals surface area contributed by atoms with Gasteiger partial charge in [-0.05, 0) is 38.2 Å². The first kappa shape index (κ1) is 13.5. The molecular formula is C14H26. The molecule has 0 bridgehead atoms. The normalized spacial score (nSPS) is 15.9. The van der Waals surface area contributed by atoms with Gasteiger partial charge in [0.25, 0.3) is 0 Å². The van der Waals surface area contributed by atoms with Crippen LogP contribution in [0.2, 0.25) is 0 Å². The minimum atomic E-state index is 1.25. The van der Waals surface area contributed by atoms with Crippen molar-refractivity contribution in [2.45, 2.75) is 66.7 Å². The summed E-state index contributed by atoms with van der Waals surface area (Å²) in [6, 6.07) is 0. The van der Waals surface area contributed by atoms with Crippen molar-refractivity contribution in [1.29, 1.82) is 0 Å². The Morgan fingerprint density at radius 2 is 1.79 bits per heavy atom. The fourth-order valence-corrected chi connectivity index (χ4v) is 1.90. The van der Waals surface area contributed by atoms with E-state index in [9.17, 15) is 0 Å². The van der Waals surface area contributed by atoms with Gasteiger partial charge in [0.2, 0.25) is 0 Å². The van der Waals surface area contributed by atoms with Gasteiger partial charge in [-0.2, -0.15) is 0 Å². The van der Waals surface area contributed by atoms with Crippen LogP contribution in [0.15, 0.2) is 22.8 Å². The van der Waals surface area contributed by atoms with Crippen LogP contribution in [0, 0.1) is 0 Å². The van der Waals surface area contributed by atoms with Gasteiger partial charge in [-0.3, -0.25) is 0 Å². The quantitative estimate of drug-likeness (QED) is 0.575. The molecule has 1 aliphatic rings. The van der Waals surface area contributed by atoms with Gasteiger partial charge in [0.1, 0.15) is 0 Å². The van der Waals surface area contributed by atoms with E-state index in [2.05, 4.69) is 26.8 Å². The molecule has 0 aliphatic heterocycles. The van der Waals surface area contributed by atoms with Gasteiger partial charge in [-0.15, -0.1) is 0 Å². The van der Waals surface area contributed by atoms with Crippen LogP contribution in [0.3, 0.4) is 0 Å². The van der Waals surface area contributed by atoms with Gasteiger partial charge in [-0.25, -0.2) is 0 Å². The van der Waals surface area contributed by atoms with Gasteiger partial charge in [-0.1, -0.05) is 51.3 Å². The zero-order valence-corrected chi connectivity index (χ0v) is 10.6. The Balaban J connectivity index is 0.000000791. The van der Waals surface area contributed by atoms with Crippen molar-refractivity contribution in [3.05, 3.63) is 22.8 Å². The van der Waals surface area contributed by atoms with E-state index in [0.717, 1.165) is 0 Å². The molecule has 0 amide bonds. The van der Waals surface area contributed by atoms with Crippen molar-refractivity contribution in [3.63, 3.8) is 0 Å². The molecule has 0 unspecified atom stereocenters. The van der Waals surface area contributed by atoms with Gasteiger partial charge < -0.3 is 0 Å². The van der Waals surface area contributed by atoms with Crippen LogP contribution in [-0.4, -0.2) is 0 Å². The monoisotopic (exact) mass is 194 g/mol. The summed E-state index contributed by atoms with van der Waals surface area (Å²) < 4.78 is 0. The number of hydrogen-bond donors (Lipinski definition) is 0. The van der Waals surface area contributed by atoms with E-state index < -0.39 is 0 Å². The summed E-state index contributed by atoms with van der Waals surface area (Å²) >= 11 is 0. The second kappa shape index (κ2) is 7.84. The predicted octanol–water partition coefficient (Wildman–Crippen LogP) is 5.26. The fraction of sp³-hybridized carbons (Fsp3) is 0.714. The van der Waals surface area contributed by atoms with Crippen LogP contribution >= 0.6 is 0 Å². The maximum absolute atomic E-state index is 2.41. The first-order chi connectivity index (χ1) is 6.77. The maximum atomic E-state index is 2.41. The predicted molar refractivity (Wildman–Crippen MR) is 66.6 cm³/mol. The summed E-state index contributed by atoms with van der Waals surface area (Å²) in [5.41, 5.74) is 4.89. The molecule has 0 fully saturated rings. The molecule has 0 radical (unpaired) electrons.